The summed E-state index contributed by atoms with van der Waals surface area (Å²) in [6.45, 7) is 0. The molecule has 2 nitrogen and oxygen atoms in total. The minimum Gasteiger partial charge on any atom is -0.327 e. The first kappa shape index (κ1) is 11.6. The lowest BCUT2D eigenvalue weighted by Gasteiger charge is -2.26. The van der Waals surface area contributed by atoms with Crippen LogP contribution in [0.5, 0.6) is 0 Å². The minimum atomic E-state index is 0.299. The van der Waals surface area contributed by atoms with E-state index in [1.165, 1.54) is 29.0 Å². The molecule has 0 spiro atoms. The second kappa shape index (κ2) is 4.67. The number of halogens is 1. The minimum absolute atomic E-state index is 0.299. The van der Waals surface area contributed by atoms with E-state index >= 15 is 0 Å². The van der Waals surface area contributed by atoms with Gasteiger partial charge in [0.25, 0.3) is 0 Å². The molecule has 0 aliphatic heterocycles. The Morgan fingerprint density at radius 2 is 2.12 bits per heavy atom. The van der Waals surface area contributed by atoms with Crippen LogP contribution in [0.2, 0.25) is 0 Å². The highest BCUT2D eigenvalue weighted by molar-refractivity contribution is 9.10. The van der Waals surface area contributed by atoms with Gasteiger partial charge in [0.05, 0.1) is 15.2 Å². The van der Waals surface area contributed by atoms with Crippen LogP contribution in [0.3, 0.4) is 0 Å². The number of nitrogens with zero attached hydrogens (tertiary/aromatic N) is 1. The average molecular weight is 311 g/mol. The van der Waals surface area contributed by atoms with Gasteiger partial charge >= 0.3 is 0 Å². The van der Waals surface area contributed by atoms with Crippen molar-refractivity contribution in [2.45, 2.75) is 37.6 Å². The van der Waals surface area contributed by atoms with Gasteiger partial charge in [-0.15, -0.1) is 11.3 Å². The van der Waals surface area contributed by atoms with Gasteiger partial charge in [0.15, 0.2) is 0 Å². The van der Waals surface area contributed by atoms with Gasteiger partial charge in [-0.1, -0.05) is 28.8 Å². The van der Waals surface area contributed by atoms with Crippen molar-refractivity contribution in [2.24, 2.45) is 5.73 Å². The van der Waals surface area contributed by atoms with E-state index in [1.54, 1.807) is 11.3 Å². The largest absolute Gasteiger partial charge is 0.327 e. The summed E-state index contributed by atoms with van der Waals surface area (Å²) in [4.78, 5) is 4.76. The van der Waals surface area contributed by atoms with Gasteiger partial charge in [-0.05, 0) is 31.0 Å². The maximum Gasteiger partial charge on any atom is 0.0984 e. The first-order valence-electron chi connectivity index (χ1n) is 6.05. The molecule has 2 atom stereocenters. The van der Waals surface area contributed by atoms with E-state index < -0.39 is 0 Å². The highest BCUT2D eigenvalue weighted by Crippen LogP contribution is 2.36. The van der Waals surface area contributed by atoms with Crippen molar-refractivity contribution in [3.05, 3.63) is 27.7 Å². The van der Waals surface area contributed by atoms with E-state index in [1.807, 2.05) is 0 Å². The molecule has 90 valence electrons. The van der Waals surface area contributed by atoms with Crippen LogP contribution in [-0.4, -0.2) is 11.0 Å². The molecular weight excluding hydrogens is 296 g/mol. The summed E-state index contributed by atoms with van der Waals surface area (Å²) in [5.41, 5.74) is 7.31. The molecule has 1 fully saturated rings. The molecule has 1 heterocycles. The molecule has 3 rings (SSSR count). The Balaban J connectivity index is 1.99. The van der Waals surface area contributed by atoms with Crippen LogP contribution in [0.4, 0.5) is 0 Å². The third-order valence-corrected chi connectivity index (χ3v) is 5.16. The Bertz CT molecular complexity index is 537. The summed E-state index contributed by atoms with van der Waals surface area (Å²) >= 11 is 5.29. The van der Waals surface area contributed by atoms with E-state index in [2.05, 4.69) is 34.1 Å². The number of fused-ring (bicyclic) bond motifs is 1. The number of aromatic nitrogens is 1. The summed E-state index contributed by atoms with van der Waals surface area (Å²) in [5, 5.41) is 1.23. The van der Waals surface area contributed by atoms with Crippen LogP contribution < -0.4 is 5.73 Å². The third-order valence-electron chi connectivity index (χ3n) is 3.50. The molecule has 2 aromatic rings. The normalized spacial score (nSPS) is 25.3. The number of hydrogen-bond donors (Lipinski definition) is 1. The van der Waals surface area contributed by atoms with Crippen molar-refractivity contribution in [2.75, 3.05) is 0 Å². The lowest BCUT2D eigenvalue weighted by atomic mass is 9.85. The highest BCUT2D eigenvalue weighted by atomic mass is 79.9. The molecule has 2 unspecified atom stereocenters. The molecule has 1 aromatic heterocycles. The van der Waals surface area contributed by atoms with Crippen LogP contribution >= 0.6 is 27.3 Å². The Labute approximate surface area is 113 Å². The van der Waals surface area contributed by atoms with Crippen molar-refractivity contribution in [1.82, 2.24) is 4.98 Å². The molecule has 1 aliphatic rings. The molecule has 1 aromatic carbocycles. The molecule has 0 amide bonds. The predicted molar refractivity (Wildman–Crippen MR) is 76.5 cm³/mol. The SMILES string of the molecule is NC1CCCCC1c1nc2cc(Br)ccc2s1. The topological polar surface area (TPSA) is 38.9 Å². The van der Waals surface area contributed by atoms with E-state index in [0.29, 0.717) is 12.0 Å². The fourth-order valence-electron chi connectivity index (χ4n) is 2.54. The van der Waals surface area contributed by atoms with Crippen LogP contribution in [0.1, 0.15) is 36.6 Å². The van der Waals surface area contributed by atoms with Gasteiger partial charge in [0.2, 0.25) is 0 Å². The summed E-state index contributed by atoms with van der Waals surface area (Å²) in [6, 6.07) is 6.59. The van der Waals surface area contributed by atoms with E-state index in [-0.39, 0.29) is 0 Å². The summed E-state index contributed by atoms with van der Waals surface area (Å²) in [6.07, 6.45) is 4.90. The Kier molecular flexibility index (Phi) is 3.19. The number of hydrogen-bond acceptors (Lipinski definition) is 3. The number of benzene rings is 1. The summed E-state index contributed by atoms with van der Waals surface area (Å²) in [7, 11) is 0. The zero-order valence-corrected chi connectivity index (χ0v) is 11.9. The van der Waals surface area contributed by atoms with Gasteiger partial charge in [-0.25, -0.2) is 4.98 Å². The van der Waals surface area contributed by atoms with Crippen molar-refractivity contribution < 1.29 is 0 Å². The van der Waals surface area contributed by atoms with Gasteiger partial charge in [-0.2, -0.15) is 0 Å². The second-order valence-electron chi connectivity index (χ2n) is 4.72. The maximum atomic E-state index is 6.22. The van der Waals surface area contributed by atoms with Gasteiger partial charge in [0, 0.05) is 16.4 Å². The standard InChI is InChI=1S/C13H15BrN2S/c14-8-5-6-12-11(7-8)16-13(17-12)9-3-1-2-4-10(9)15/h5-7,9-10H,1-4,15H2. The average Bonchev–Trinajstić information content (AvgIpc) is 2.72. The molecule has 0 radical (unpaired) electrons. The Morgan fingerprint density at radius 1 is 1.29 bits per heavy atom. The monoisotopic (exact) mass is 310 g/mol. The molecule has 1 aliphatic carbocycles. The van der Waals surface area contributed by atoms with E-state index in [4.69, 9.17) is 10.7 Å². The Morgan fingerprint density at radius 3 is 2.94 bits per heavy atom. The lowest BCUT2D eigenvalue weighted by molar-refractivity contribution is 0.385. The van der Waals surface area contributed by atoms with Crippen LogP contribution in [0, 0.1) is 0 Å². The zero-order chi connectivity index (χ0) is 11.8. The lowest BCUT2D eigenvalue weighted by Crippen LogP contribution is -2.31. The van der Waals surface area contributed by atoms with Crippen LogP contribution in [0.25, 0.3) is 10.2 Å². The van der Waals surface area contributed by atoms with Crippen molar-refractivity contribution in [1.29, 1.82) is 0 Å². The number of rotatable bonds is 1. The fourth-order valence-corrected chi connectivity index (χ4v) is 4.05. The first-order chi connectivity index (χ1) is 8.24. The summed E-state index contributed by atoms with van der Waals surface area (Å²) in [5.74, 6) is 0.472. The first-order valence-corrected chi connectivity index (χ1v) is 7.66. The zero-order valence-electron chi connectivity index (χ0n) is 9.53. The molecule has 17 heavy (non-hydrogen) atoms. The van der Waals surface area contributed by atoms with Gasteiger partial charge < -0.3 is 5.73 Å². The van der Waals surface area contributed by atoms with Crippen molar-refractivity contribution >= 4 is 37.5 Å². The van der Waals surface area contributed by atoms with E-state index in [9.17, 15) is 0 Å². The molecule has 0 bridgehead atoms. The smallest absolute Gasteiger partial charge is 0.0984 e. The van der Waals surface area contributed by atoms with Crippen molar-refractivity contribution in [3.63, 3.8) is 0 Å². The molecule has 2 N–H and O–H groups in total. The van der Waals surface area contributed by atoms with Gasteiger partial charge in [0.1, 0.15) is 0 Å². The molecule has 1 saturated carbocycles. The summed E-state index contributed by atoms with van der Waals surface area (Å²) < 4.78 is 2.36. The maximum absolute atomic E-state index is 6.22. The Hall–Kier alpha value is -0.450. The fraction of sp³-hybridized carbons (Fsp3) is 0.462. The highest BCUT2D eigenvalue weighted by Gasteiger charge is 2.26. The molecule has 4 heteroatoms. The predicted octanol–water partition coefficient (Wildman–Crippen LogP) is 4.04. The third kappa shape index (κ3) is 2.26. The van der Waals surface area contributed by atoms with Crippen LogP contribution in [0.15, 0.2) is 22.7 Å². The number of thiazole rings is 1. The van der Waals surface area contributed by atoms with Crippen molar-refractivity contribution in [3.8, 4) is 0 Å². The van der Waals surface area contributed by atoms with Crippen LogP contribution in [-0.2, 0) is 0 Å². The molecule has 0 saturated heterocycles. The quantitative estimate of drug-likeness (QED) is 0.863. The van der Waals surface area contributed by atoms with E-state index in [0.717, 1.165) is 16.4 Å². The second-order valence-corrected chi connectivity index (χ2v) is 6.70. The van der Waals surface area contributed by atoms with Gasteiger partial charge in [-0.3, -0.25) is 0 Å². The molecular formula is C13H15BrN2S. The number of nitrogens with two attached hydrogens (primary N) is 1.